The standard InChI is InChI=1S/C25H23N7O2/c1-2-32-21(8-10-28-32)20-12-18(13-22-24(20)34-16-33-22)15-27-19-6-4-17(5-7-19)14-23-29-30-25-26-9-3-11-31(23)25/h3-13,27H,2,14-16H2,1H3. The van der Waals surface area contributed by atoms with Crippen LogP contribution < -0.4 is 14.8 Å². The molecule has 0 saturated heterocycles. The van der Waals surface area contributed by atoms with Crippen molar-refractivity contribution in [2.24, 2.45) is 0 Å². The van der Waals surface area contributed by atoms with Crippen molar-refractivity contribution < 1.29 is 9.47 Å². The Bertz CT molecular complexity index is 1460. The van der Waals surface area contributed by atoms with E-state index in [0.29, 0.717) is 18.7 Å². The summed E-state index contributed by atoms with van der Waals surface area (Å²) in [6.45, 7) is 3.75. The minimum atomic E-state index is 0.234. The number of aryl methyl sites for hydroxylation is 1. The Labute approximate surface area is 196 Å². The largest absolute Gasteiger partial charge is 0.454 e. The van der Waals surface area contributed by atoms with E-state index in [1.165, 1.54) is 0 Å². The second-order valence-corrected chi connectivity index (χ2v) is 8.04. The quantitative estimate of drug-likeness (QED) is 0.399. The lowest BCUT2D eigenvalue weighted by Crippen LogP contribution is -2.02. The second-order valence-electron chi connectivity index (χ2n) is 8.04. The van der Waals surface area contributed by atoms with Gasteiger partial charge in [-0.25, -0.2) is 4.98 Å². The molecule has 170 valence electrons. The highest BCUT2D eigenvalue weighted by atomic mass is 16.7. The number of rotatable bonds is 7. The molecule has 5 aromatic rings. The van der Waals surface area contributed by atoms with Crippen LogP contribution in [0.1, 0.15) is 23.9 Å². The van der Waals surface area contributed by atoms with Crippen molar-refractivity contribution in [2.75, 3.05) is 12.1 Å². The molecular formula is C25H23N7O2. The SMILES string of the molecule is CCn1nccc1-c1cc(CNc2ccc(Cc3nnc4ncccn34)cc2)cc2c1OCO2. The lowest BCUT2D eigenvalue weighted by Gasteiger charge is -2.12. The van der Waals surface area contributed by atoms with Crippen molar-refractivity contribution in [3.05, 3.63) is 84.1 Å². The molecule has 0 unspecified atom stereocenters. The van der Waals surface area contributed by atoms with E-state index < -0.39 is 0 Å². The number of hydrogen-bond acceptors (Lipinski definition) is 7. The summed E-state index contributed by atoms with van der Waals surface area (Å²) in [5.74, 6) is 3.02. The van der Waals surface area contributed by atoms with Gasteiger partial charge in [-0.15, -0.1) is 10.2 Å². The highest BCUT2D eigenvalue weighted by Crippen LogP contribution is 2.42. The molecular weight excluding hydrogens is 430 g/mol. The first-order valence-electron chi connectivity index (χ1n) is 11.2. The van der Waals surface area contributed by atoms with E-state index in [0.717, 1.165) is 51.9 Å². The van der Waals surface area contributed by atoms with Crippen LogP contribution in [0, 0.1) is 0 Å². The Balaban J connectivity index is 1.18. The van der Waals surface area contributed by atoms with Crippen molar-refractivity contribution in [1.29, 1.82) is 0 Å². The predicted octanol–water partition coefficient (Wildman–Crippen LogP) is 3.94. The molecule has 34 heavy (non-hydrogen) atoms. The van der Waals surface area contributed by atoms with E-state index in [9.17, 15) is 0 Å². The van der Waals surface area contributed by atoms with E-state index in [1.54, 1.807) is 6.20 Å². The molecule has 0 bridgehead atoms. The van der Waals surface area contributed by atoms with Gasteiger partial charge in [-0.2, -0.15) is 5.10 Å². The van der Waals surface area contributed by atoms with Crippen molar-refractivity contribution in [1.82, 2.24) is 29.4 Å². The number of fused-ring (bicyclic) bond motifs is 2. The molecule has 0 fully saturated rings. The predicted molar refractivity (Wildman–Crippen MR) is 127 cm³/mol. The fourth-order valence-electron chi connectivity index (χ4n) is 4.21. The minimum Gasteiger partial charge on any atom is -0.454 e. The molecule has 2 aromatic carbocycles. The van der Waals surface area contributed by atoms with Crippen LogP contribution in [0.4, 0.5) is 5.69 Å². The maximum absolute atomic E-state index is 5.75. The lowest BCUT2D eigenvalue weighted by molar-refractivity contribution is 0.174. The summed E-state index contributed by atoms with van der Waals surface area (Å²) in [5.41, 5.74) is 5.31. The second kappa shape index (κ2) is 8.51. The summed E-state index contributed by atoms with van der Waals surface area (Å²) in [6, 6.07) is 16.4. The Hall–Kier alpha value is -4.40. The van der Waals surface area contributed by atoms with Crippen molar-refractivity contribution in [3.8, 4) is 22.8 Å². The first-order chi connectivity index (χ1) is 16.8. The molecule has 9 heteroatoms. The molecule has 0 spiro atoms. The van der Waals surface area contributed by atoms with E-state index >= 15 is 0 Å². The van der Waals surface area contributed by atoms with Crippen molar-refractivity contribution >= 4 is 11.5 Å². The average Bonchev–Trinajstić information content (AvgIpc) is 3.63. The Kier molecular flexibility index (Phi) is 5.06. The fourth-order valence-corrected chi connectivity index (χ4v) is 4.21. The molecule has 0 amide bonds. The van der Waals surface area contributed by atoms with E-state index in [-0.39, 0.29) is 6.79 Å². The van der Waals surface area contributed by atoms with Gasteiger partial charge in [0.15, 0.2) is 11.5 Å². The highest BCUT2D eigenvalue weighted by Gasteiger charge is 2.22. The van der Waals surface area contributed by atoms with Gasteiger partial charge in [0.1, 0.15) is 5.82 Å². The van der Waals surface area contributed by atoms with Gasteiger partial charge in [0, 0.05) is 49.4 Å². The maximum Gasteiger partial charge on any atom is 0.254 e. The van der Waals surface area contributed by atoms with Gasteiger partial charge in [-0.3, -0.25) is 9.08 Å². The van der Waals surface area contributed by atoms with Crippen LogP contribution in [0.2, 0.25) is 0 Å². The summed E-state index contributed by atoms with van der Waals surface area (Å²) >= 11 is 0. The molecule has 0 aliphatic carbocycles. The Morgan fingerprint density at radius 2 is 1.91 bits per heavy atom. The maximum atomic E-state index is 5.75. The van der Waals surface area contributed by atoms with Gasteiger partial charge in [-0.05, 0) is 54.4 Å². The normalized spacial score (nSPS) is 12.4. The van der Waals surface area contributed by atoms with Gasteiger partial charge >= 0.3 is 0 Å². The number of nitrogens with one attached hydrogen (secondary N) is 1. The van der Waals surface area contributed by atoms with Crippen LogP contribution in [-0.2, 0) is 19.5 Å². The van der Waals surface area contributed by atoms with Crippen LogP contribution in [0.25, 0.3) is 17.0 Å². The molecule has 4 heterocycles. The van der Waals surface area contributed by atoms with Crippen LogP contribution in [-0.4, -0.2) is 36.2 Å². The average molecular weight is 454 g/mol. The zero-order chi connectivity index (χ0) is 22.9. The van der Waals surface area contributed by atoms with Crippen molar-refractivity contribution in [3.63, 3.8) is 0 Å². The van der Waals surface area contributed by atoms with Gasteiger partial charge in [-0.1, -0.05) is 12.1 Å². The molecule has 1 aliphatic rings. The van der Waals surface area contributed by atoms with Crippen molar-refractivity contribution in [2.45, 2.75) is 26.4 Å². The lowest BCUT2D eigenvalue weighted by atomic mass is 10.1. The highest BCUT2D eigenvalue weighted by molar-refractivity contribution is 5.73. The van der Waals surface area contributed by atoms with E-state index in [2.05, 4.69) is 62.9 Å². The third-order valence-corrected chi connectivity index (χ3v) is 5.90. The first-order valence-corrected chi connectivity index (χ1v) is 11.2. The zero-order valence-electron chi connectivity index (χ0n) is 18.7. The zero-order valence-corrected chi connectivity index (χ0v) is 18.7. The first kappa shape index (κ1) is 20.2. The Morgan fingerprint density at radius 1 is 1.00 bits per heavy atom. The fraction of sp³-hybridized carbons (Fsp3) is 0.200. The molecule has 3 aromatic heterocycles. The minimum absolute atomic E-state index is 0.234. The van der Waals surface area contributed by atoms with Crippen LogP contribution in [0.5, 0.6) is 11.5 Å². The summed E-state index contributed by atoms with van der Waals surface area (Å²) in [7, 11) is 0. The molecule has 6 rings (SSSR count). The smallest absolute Gasteiger partial charge is 0.254 e. The third kappa shape index (κ3) is 3.71. The molecule has 0 radical (unpaired) electrons. The molecule has 1 aliphatic heterocycles. The van der Waals surface area contributed by atoms with Crippen LogP contribution in [0.3, 0.4) is 0 Å². The topological polar surface area (TPSA) is 91.4 Å². The number of hydrogen-bond donors (Lipinski definition) is 1. The Morgan fingerprint density at radius 3 is 2.79 bits per heavy atom. The van der Waals surface area contributed by atoms with Crippen LogP contribution in [0.15, 0.2) is 67.1 Å². The van der Waals surface area contributed by atoms with Gasteiger partial charge in [0.2, 0.25) is 6.79 Å². The monoisotopic (exact) mass is 453 g/mol. The van der Waals surface area contributed by atoms with Gasteiger partial charge in [0.05, 0.1) is 5.69 Å². The summed E-state index contributed by atoms with van der Waals surface area (Å²) in [4.78, 5) is 4.22. The summed E-state index contributed by atoms with van der Waals surface area (Å²) < 4.78 is 15.3. The molecule has 9 nitrogen and oxygen atoms in total. The molecule has 1 N–H and O–H groups in total. The summed E-state index contributed by atoms with van der Waals surface area (Å²) in [6.07, 6.45) is 6.15. The van der Waals surface area contributed by atoms with E-state index in [1.807, 2.05) is 39.7 Å². The van der Waals surface area contributed by atoms with Crippen LogP contribution >= 0.6 is 0 Å². The molecule has 0 saturated carbocycles. The number of nitrogens with zero attached hydrogens (tertiary/aromatic N) is 6. The number of benzene rings is 2. The number of ether oxygens (including phenoxy) is 2. The molecule has 0 atom stereocenters. The number of anilines is 1. The third-order valence-electron chi connectivity index (χ3n) is 5.90. The van der Waals surface area contributed by atoms with Gasteiger partial charge < -0.3 is 14.8 Å². The van der Waals surface area contributed by atoms with E-state index in [4.69, 9.17) is 9.47 Å². The number of aromatic nitrogens is 6. The van der Waals surface area contributed by atoms with Gasteiger partial charge in [0.25, 0.3) is 5.78 Å². The summed E-state index contributed by atoms with van der Waals surface area (Å²) in [5, 5.41) is 16.3.